The number of carbonyl (C=O) groups excluding carboxylic acids is 2. The van der Waals surface area contributed by atoms with Gasteiger partial charge in [-0.15, -0.1) is 0 Å². The van der Waals surface area contributed by atoms with E-state index in [0.29, 0.717) is 12.3 Å². The number of likely N-dealkylation sites (N-methyl/N-ethyl adjacent to an activating group) is 2. The lowest BCUT2D eigenvalue weighted by molar-refractivity contribution is -0.132. The zero-order valence-electron chi connectivity index (χ0n) is 14.5. The van der Waals surface area contributed by atoms with E-state index >= 15 is 0 Å². The number of nitrogens with zero attached hydrogens (tertiary/aromatic N) is 3. The number of carbonyl (C=O) groups is 2. The molecule has 2 N–H and O–H groups in total. The molecule has 2 amide bonds. The molecule has 3 unspecified atom stereocenters. The Labute approximate surface area is 144 Å². The third-order valence-corrected chi connectivity index (χ3v) is 4.81. The minimum Gasteiger partial charge on any atom is -0.390 e. The molecule has 7 nitrogen and oxygen atoms in total. The van der Waals surface area contributed by atoms with E-state index in [-0.39, 0.29) is 24.3 Å². The van der Waals surface area contributed by atoms with Crippen molar-refractivity contribution in [2.45, 2.75) is 38.0 Å². The quantitative estimate of drug-likeness (QED) is 0.417. The molecular formula is C15H30N4O3S. The number of amides is 2. The van der Waals surface area contributed by atoms with Crippen LogP contribution in [0.15, 0.2) is 0 Å². The van der Waals surface area contributed by atoms with Crippen LogP contribution in [0.5, 0.6) is 0 Å². The van der Waals surface area contributed by atoms with Gasteiger partial charge >= 0.3 is 0 Å². The third-order valence-electron chi connectivity index (χ3n) is 4.39. The van der Waals surface area contributed by atoms with E-state index in [1.165, 1.54) is 4.90 Å². The Morgan fingerprint density at radius 2 is 2.04 bits per heavy atom. The second kappa shape index (κ2) is 9.46. The van der Waals surface area contributed by atoms with Crippen molar-refractivity contribution in [2.75, 3.05) is 46.7 Å². The highest BCUT2D eigenvalue weighted by molar-refractivity contribution is 7.80. The molecule has 0 spiro atoms. The predicted molar refractivity (Wildman–Crippen MR) is 93.4 cm³/mol. The molecule has 0 aromatic heterocycles. The predicted octanol–water partition coefficient (Wildman–Crippen LogP) is -0.776. The van der Waals surface area contributed by atoms with Crippen LogP contribution in [0.2, 0.25) is 0 Å². The van der Waals surface area contributed by atoms with Crippen LogP contribution in [-0.2, 0) is 9.59 Å². The van der Waals surface area contributed by atoms with Gasteiger partial charge in [-0.1, -0.05) is 0 Å². The van der Waals surface area contributed by atoms with Gasteiger partial charge in [0.2, 0.25) is 11.8 Å². The topological polar surface area (TPSA) is 76.1 Å². The molecule has 0 saturated carbocycles. The van der Waals surface area contributed by atoms with Crippen molar-refractivity contribution >= 4 is 24.4 Å². The van der Waals surface area contributed by atoms with Gasteiger partial charge in [0, 0.05) is 39.1 Å². The van der Waals surface area contributed by atoms with Crippen LogP contribution < -0.4 is 5.32 Å². The molecule has 8 heteroatoms. The van der Waals surface area contributed by atoms with Crippen LogP contribution in [0, 0.1) is 0 Å². The molecule has 134 valence electrons. The summed E-state index contributed by atoms with van der Waals surface area (Å²) >= 11 is 4.02. The molecule has 1 aliphatic heterocycles. The molecule has 23 heavy (non-hydrogen) atoms. The maximum absolute atomic E-state index is 12.2. The highest BCUT2D eigenvalue weighted by atomic mass is 32.1. The van der Waals surface area contributed by atoms with Gasteiger partial charge in [-0.25, -0.2) is 0 Å². The number of nitrogens with one attached hydrogen (secondary N) is 1. The number of aliphatic hydroxyl groups excluding tert-OH is 1. The van der Waals surface area contributed by atoms with Gasteiger partial charge in [0.15, 0.2) is 0 Å². The number of hydrogen-bond acceptors (Lipinski definition) is 6. The van der Waals surface area contributed by atoms with E-state index < -0.39 is 12.1 Å². The van der Waals surface area contributed by atoms with Crippen LogP contribution in [0.4, 0.5) is 0 Å². The summed E-state index contributed by atoms with van der Waals surface area (Å²) in [5.41, 5.74) is 0. The highest BCUT2D eigenvalue weighted by Gasteiger charge is 2.26. The number of aliphatic hydroxyl groups is 1. The van der Waals surface area contributed by atoms with Crippen molar-refractivity contribution in [1.82, 2.24) is 20.0 Å². The SMILES string of the molecule is CC(NC(=O)CC1CN(C)CCN1C)C(O)CC(=O)N(C)CS. The number of hydrogen-bond donors (Lipinski definition) is 3. The first-order chi connectivity index (χ1) is 10.7. The Kier molecular flexibility index (Phi) is 8.32. The van der Waals surface area contributed by atoms with Crippen molar-refractivity contribution < 1.29 is 14.7 Å². The van der Waals surface area contributed by atoms with Gasteiger partial charge in [0.1, 0.15) is 0 Å². The Balaban J connectivity index is 2.41. The number of rotatable bonds is 7. The van der Waals surface area contributed by atoms with Crippen LogP contribution >= 0.6 is 12.6 Å². The summed E-state index contributed by atoms with van der Waals surface area (Å²) in [5, 5.41) is 12.9. The summed E-state index contributed by atoms with van der Waals surface area (Å²) in [7, 11) is 5.70. The molecule has 0 radical (unpaired) electrons. The zero-order chi connectivity index (χ0) is 17.6. The van der Waals surface area contributed by atoms with Gasteiger partial charge in [0.25, 0.3) is 0 Å². The van der Waals surface area contributed by atoms with Gasteiger partial charge < -0.3 is 25.1 Å². The van der Waals surface area contributed by atoms with Gasteiger partial charge in [-0.3, -0.25) is 9.59 Å². The van der Waals surface area contributed by atoms with E-state index in [4.69, 9.17) is 0 Å². The average Bonchev–Trinajstić information content (AvgIpc) is 2.49. The lowest BCUT2D eigenvalue weighted by Crippen LogP contribution is -2.52. The molecule has 1 heterocycles. The fraction of sp³-hybridized carbons (Fsp3) is 0.867. The van der Waals surface area contributed by atoms with Crippen LogP contribution in [-0.4, -0.2) is 96.5 Å². The largest absolute Gasteiger partial charge is 0.390 e. The normalized spacial score (nSPS) is 22.4. The van der Waals surface area contributed by atoms with E-state index in [1.807, 2.05) is 14.1 Å². The fourth-order valence-corrected chi connectivity index (χ4v) is 2.69. The monoisotopic (exact) mass is 346 g/mol. The molecule has 0 aromatic rings. The first kappa shape index (κ1) is 20.2. The molecule has 1 aliphatic rings. The Bertz CT molecular complexity index is 410. The fourth-order valence-electron chi connectivity index (χ4n) is 2.54. The first-order valence-corrected chi connectivity index (χ1v) is 8.58. The van der Waals surface area contributed by atoms with Crippen molar-refractivity contribution in [1.29, 1.82) is 0 Å². The average molecular weight is 346 g/mol. The number of thiol groups is 1. The third kappa shape index (κ3) is 6.66. The smallest absolute Gasteiger partial charge is 0.225 e. The second-order valence-electron chi connectivity index (χ2n) is 6.46. The summed E-state index contributed by atoms with van der Waals surface area (Å²) in [4.78, 5) is 29.8. The lowest BCUT2D eigenvalue weighted by Gasteiger charge is -2.37. The maximum Gasteiger partial charge on any atom is 0.225 e. The van der Waals surface area contributed by atoms with E-state index in [1.54, 1.807) is 14.0 Å². The molecule has 0 aliphatic carbocycles. The molecule has 1 saturated heterocycles. The van der Waals surface area contributed by atoms with Crippen molar-refractivity contribution in [3.05, 3.63) is 0 Å². The lowest BCUT2D eigenvalue weighted by atomic mass is 10.1. The summed E-state index contributed by atoms with van der Waals surface area (Å²) < 4.78 is 0. The van der Waals surface area contributed by atoms with Gasteiger partial charge in [0.05, 0.1) is 24.4 Å². The standard InChI is InChI=1S/C15H30N4O3S/c1-11(13(20)8-15(22)19(4)10-23)16-14(21)7-12-9-17(2)5-6-18(12)3/h11-13,20,23H,5-10H2,1-4H3,(H,16,21). The molecular weight excluding hydrogens is 316 g/mol. The summed E-state index contributed by atoms with van der Waals surface area (Å²) in [6.45, 7) is 4.51. The van der Waals surface area contributed by atoms with E-state index in [2.05, 4.69) is 27.7 Å². The van der Waals surface area contributed by atoms with Crippen molar-refractivity contribution in [2.24, 2.45) is 0 Å². The van der Waals surface area contributed by atoms with E-state index in [0.717, 1.165) is 19.6 Å². The molecule has 1 fully saturated rings. The Hall–Kier alpha value is -0.830. The van der Waals surface area contributed by atoms with Gasteiger partial charge in [-0.2, -0.15) is 12.6 Å². The van der Waals surface area contributed by atoms with Crippen molar-refractivity contribution in [3.63, 3.8) is 0 Å². The van der Waals surface area contributed by atoms with Gasteiger partial charge in [-0.05, 0) is 21.0 Å². The van der Waals surface area contributed by atoms with Crippen LogP contribution in [0.25, 0.3) is 0 Å². The van der Waals surface area contributed by atoms with Crippen LogP contribution in [0.1, 0.15) is 19.8 Å². The molecule has 1 rings (SSSR count). The minimum atomic E-state index is -0.902. The summed E-state index contributed by atoms with van der Waals surface area (Å²) in [6, 6.07) is -0.290. The molecule has 0 aromatic carbocycles. The molecule has 3 atom stereocenters. The van der Waals surface area contributed by atoms with Crippen LogP contribution in [0.3, 0.4) is 0 Å². The second-order valence-corrected chi connectivity index (χ2v) is 6.74. The van der Waals surface area contributed by atoms with Crippen molar-refractivity contribution in [3.8, 4) is 0 Å². The summed E-state index contributed by atoms with van der Waals surface area (Å²) in [6.07, 6.45) is -0.534. The summed E-state index contributed by atoms with van der Waals surface area (Å²) in [5.74, 6) is 0.00863. The maximum atomic E-state index is 12.2. The number of piperazine rings is 1. The Morgan fingerprint density at radius 3 is 2.65 bits per heavy atom. The first-order valence-electron chi connectivity index (χ1n) is 7.95. The Morgan fingerprint density at radius 1 is 1.39 bits per heavy atom. The highest BCUT2D eigenvalue weighted by Crippen LogP contribution is 2.10. The minimum absolute atomic E-state index is 0.0232. The van der Waals surface area contributed by atoms with E-state index in [9.17, 15) is 14.7 Å². The zero-order valence-corrected chi connectivity index (χ0v) is 15.4. The molecule has 0 bridgehead atoms.